The van der Waals surface area contributed by atoms with Crippen molar-refractivity contribution < 1.29 is 9.53 Å². The molecule has 1 heterocycles. The molecule has 1 aliphatic carbocycles. The molecule has 6 heteroatoms. The van der Waals surface area contributed by atoms with Gasteiger partial charge in [0.05, 0.1) is 13.2 Å². The summed E-state index contributed by atoms with van der Waals surface area (Å²) >= 11 is 0. The maximum Gasteiger partial charge on any atom is 0.271 e. The van der Waals surface area contributed by atoms with E-state index in [1.165, 1.54) is 29.7 Å². The molecule has 1 saturated carbocycles. The summed E-state index contributed by atoms with van der Waals surface area (Å²) in [5.74, 6) is 0.341. The Kier molecular flexibility index (Phi) is 6.12. The fourth-order valence-corrected chi connectivity index (χ4v) is 3.04. The van der Waals surface area contributed by atoms with Crippen LogP contribution in [-0.4, -0.2) is 35.4 Å². The van der Waals surface area contributed by atoms with Crippen molar-refractivity contribution >= 4 is 5.91 Å². The van der Waals surface area contributed by atoms with Gasteiger partial charge in [0.15, 0.2) is 0 Å². The monoisotopic (exact) mass is 307 g/mol. The van der Waals surface area contributed by atoms with E-state index < -0.39 is 0 Å². The van der Waals surface area contributed by atoms with E-state index in [9.17, 15) is 9.59 Å². The van der Waals surface area contributed by atoms with Gasteiger partial charge in [0, 0.05) is 19.2 Å². The van der Waals surface area contributed by atoms with E-state index >= 15 is 0 Å². The van der Waals surface area contributed by atoms with Crippen molar-refractivity contribution in [2.75, 3.05) is 13.7 Å². The van der Waals surface area contributed by atoms with E-state index in [4.69, 9.17) is 4.74 Å². The molecule has 122 valence electrons. The molecule has 1 amide bonds. The Morgan fingerprint density at radius 2 is 2.18 bits per heavy atom. The molecule has 0 aliphatic heterocycles. The number of carbonyl (C=O) groups excluding carboxylic acids is 1. The molecule has 0 bridgehead atoms. The van der Waals surface area contributed by atoms with E-state index in [-0.39, 0.29) is 23.2 Å². The topological polar surface area (TPSA) is 73.2 Å². The van der Waals surface area contributed by atoms with E-state index in [1.54, 1.807) is 7.11 Å². The summed E-state index contributed by atoms with van der Waals surface area (Å²) in [5, 5.41) is 7.23. The van der Waals surface area contributed by atoms with Gasteiger partial charge in [-0.25, -0.2) is 4.68 Å². The number of nitrogens with one attached hydrogen (secondary N) is 1. The average Bonchev–Trinajstić information content (AvgIpc) is 2.54. The fraction of sp³-hybridized carbons (Fsp3) is 0.688. The summed E-state index contributed by atoms with van der Waals surface area (Å²) in [6.07, 6.45) is 5.66. The van der Waals surface area contributed by atoms with Crippen LogP contribution in [0.15, 0.2) is 16.9 Å². The fourth-order valence-electron chi connectivity index (χ4n) is 3.04. The summed E-state index contributed by atoms with van der Waals surface area (Å²) < 4.78 is 6.23. The molecule has 0 saturated heterocycles. The summed E-state index contributed by atoms with van der Waals surface area (Å²) in [4.78, 5) is 24.1. The first-order valence-electron chi connectivity index (χ1n) is 8.03. The minimum Gasteiger partial charge on any atom is -0.383 e. The normalized spacial score (nSPS) is 21.5. The number of aromatic nitrogens is 2. The molecule has 2 atom stereocenters. The van der Waals surface area contributed by atoms with E-state index in [0.29, 0.717) is 19.1 Å². The second-order valence-electron chi connectivity index (χ2n) is 5.81. The van der Waals surface area contributed by atoms with Gasteiger partial charge in [-0.1, -0.05) is 26.2 Å². The van der Waals surface area contributed by atoms with Gasteiger partial charge < -0.3 is 10.1 Å². The van der Waals surface area contributed by atoms with Crippen molar-refractivity contribution in [1.29, 1.82) is 0 Å². The maximum absolute atomic E-state index is 12.4. The molecule has 1 fully saturated rings. The van der Waals surface area contributed by atoms with Crippen molar-refractivity contribution in [3.63, 3.8) is 0 Å². The molecule has 0 spiro atoms. The summed E-state index contributed by atoms with van der Waals surface area (Å²) in [6.45, 7) is 2.90. The van der Waals surface area contributed by atoms with Crippen LogP contribution in [0.1, 0.15) is 49.5 Å². The van der Waals surface area contributed by atoms with Crippen molar-refractivity contribution in [2.45, 2.75) is 51.6 Å². The quantitative estimate of drug-likeness (QED) is 0.866. The molecule has 6 nitrogen and oxygen atoms in total. The number of hydrogen-bond donors (Lipinski definition) is 1. The molecule has 0 aromatic carbocycles. The SMILES string of the molecule is CC[C@@H]1CCCC[C@@H]1NC(=O)c1ccc(=O)n(CCOC)n1. The second-order valence-corrected chi connectivity index (χ2v) is 5.81. The lowest BCUT2D eigenvalue weighted by Gasteiger charge is -2.31. The Balaban J connectivity index is 2.07. The first-order valence-corrected chi connectivity index (χ1v) is 8.03. The van der Waals surface area contributed by atoms with Crippen molar-refractivity contribution in [3.05, 3.63) is 28.2 Å². The van der Waals surface area contributed by atoms with Gasteiger partial charge in [-0.15, -0.1) is 0 Å². The van der Waals surface area contributed by atoms with Crippen LogP contribution in [0.4, 0.5) is 0 Å². The zero-order valence-corrected chi connectivity index (χ0v) is 13.4. The number of amides is 1. The maximum atomic E-state index is 12.4. The van der Waals surface area contributed by atoms with Crippen LogP contribution in [-0.2, 0) is 11.3 Å². The van der Waals surface area contributed by atoms with Gasteiger partial charge in [-0.05, 0) is 24.8 Å². The smallest absolute Gasteiger partial charge is 0.271 e. The van der Waals surface area contributed by atoms with Gasteiger partial charge >= 0.3 is 0 Å². The second kappa shape index (κ2) is 8.08. The van der Waals surface area contributed by atoms with E-state index in [1.807, 2.05) is 0 Å². The molecule has 1 aromatic rings. The molecular weight excluding hydrogens is 282 g/mol. The number of rotatable bonds is 6. The van der Waals surface area contributed by atoms with Crippen LogP contribution in [0.3, 0.4) is 0 Å². The predicted octanol–water partition coefficient (Wildman–Crippen LogP) is 1.59. The third kappa shape index (κ3) is 4.16. The number of hydrogen-bond acceptors (Lipinski definition) is 4. The Bertz CT molecular complexity index is 556. The van der Waals surface area contributed by atoms with Crippen LogP contribution in [0.25, 0.3) is 0 Å². The lowest BCUT2D eigenvalue weighted by Crippen LogP contribution is -2.42. The van der Waals surface area contributed by atoms with Crippen LogP contribution in [0.2, 0.25) is 0 Å². The van der Waals surface area contributed by atoms with Crippen molar-refractivity contribution in [2.24, 2.45) is 5.92 Å². The first-order chi connectivity index (χ1) is 10.7. The molecule has 22 heavy (non-hydrogen) atoms. The highest BCUT2D eigenvalue weighted by Crippen LogP contribution is 2.26. The van der Waals surface area contributed by atoms with Gasteiger partial charge in [-0.2, -0.15) is 5.10 Å². The summed E-state index contributed by atoms with van der Waals surface area (Å²) in [6, 6.07) is 3.09. The Labute approximate surface area is 130 Å². The highest BCUT2D eigenvalue weighted by Gasteiger charge is 2.25. The molecule has 1 aliphatic rings. The lowest BCUT2D eigenvalue weighted by atomic mass is 9.83. The Hall–Kier alpha value is -1.69. The first kappa shape index (κ1) is 16.7. The molecule has 1 aromatic heterocycles. The van der Waals surface area contributed by atoms with Gasteiger partial charge in [0.25, 0.3) is 11.5 Å². The Morgan fingerprint density at radius 1 is 1.41 bits per heavy atom. The minimum atomic E-state index is -0.224. The van der Waals surface area contributed by atoms with Crippen molar-refractivity contribution in [1.82, 2.24) is 15.1 Å². The third-order valence-corrected chi connectivity index (χ3v) is 4.36. The number of ether oxygens (including phenoxy) is 1. The molecular formula is C16H25N3O3. The third-order valence-electron chi connectivity index (χ3n) is 4.36. The van der Waals surface area contributed by atoms with Gasteiger partial charge in [0.1, 0.15) is 5.69 Å². The number of nitrogens with zero attached hydrogens (tertiary/aromatic N) is 2. The summed E-state index contributed by atoms with van der Waals surface area (Å²) in [7, 11) is 1.57. The molecule has 2 rings (SSSR count). The predicted molar refractivity (Wildman–Crippen MR) is 83.9 cm³/mol. The van der Waals surface area contributed by atoms with Gasteiger partial charge in [0.2, 0.25) is 0 Å². The largest absolute Gasteiger partial charge is 0.383 e. The molecule has 0 radical (unpaired) electrons. The molecule has 1 N–H and O–H groups in total. The van der Waals surface area contributed by atoms with Crippen molar-refractivity contribution in [3.8, 4) is 0 Å². The standard InChI is InChI=1S/C16H25N3O3/c1-3-12-6-4-5-7-13(12)17-16(21)14-8-9-15(20)19(18-14)10-11-22-2/h8-9,12-13H,3-7,10-11H2,1-2H3,(H,17,21)/t12-,13+/m1/s1. The minimum absolute atomic E-state index is 0.198. The van der Waals surface area contributed by atoms with E-state index in [0.717, 1.165) is 19.3 Å². The van der Waals surface area contributed by atoms with Crippen LogP contribution in [0.5, 0.6) is 0 Å². The van der Waals surface area contributed by atoms with Gasteiger partial charge in [-0.3, -0.25) is 9.59 Å². The summed E-state index contributed by atoms with van der Waals surface area (Å²) in [5.41, 5.74) is 0.0637. The number of carbonyl (C=O) groups is 1. The molecule has 0 unspecified atom stereocenters. The van der Waals surface area contributed by atoms with Crippen LogP contribution in [0, 0.1) is 5.92 Å². The number of methoxy groups -OCH3 is 1. The highest BCUT2D eigenvalue weighted by molar-refractivity contribution is 5.92. The zero-order chi connectivity index (χ0) is 15.9. The lowest BCUT2D eigenvalue weighted by molar-refractivity contribution is 0.0896. The van der Waals surface area contributed by atoms with E-state index in [2.05, 4.69) is 17.3 Å². The van der Waals surface area contributed by atoms with Crippen LogP contribution < -0.4 is 10.9 Å². The Morgan fingerprint density at radius 3 is 2.91 bits per heavy atom. The average molecular weight is 307 g/mol. The van der Waals surface area contributed by atoms with Crippen LogP contribution >= 0.6 is 0 Å². The highest BCUT2D eigenvalue weighted by atomic mass is 16.5. The zero-order valence-electron chi connectivity index (χ0n) is 13.4.